The summed E-state index contributed by atoms with van der Waals surface area (Å²) in [5, 5.41) is 8.44. The summed E-state index contributed by atoms with van der Waals surface area (Å²) in [5.41, 5.74) is 0. The van der Waals surface area contributed by atoms with Crippen LogP contribution in [0.2, 0.25) is 0 Å². The van der Waals surface area contributed by atoms with Crippen molar-refractivity contribution in [3.63, 3.8) is 0 Å². The fourth-order valence-electron chi connectivity index (χ4n) is 1.48. The van der Waals surface area contributed by atoms with Crippen LogP contribution in [0.15, 0.2) is 0 Å². The molecule has 0 bridgehead atoms. The van der Waals surface area contributed by atoms with Crippen LogP contribution in [0, 0.1) is 0 Å². The molecule has 0 aliphatic carbocycles. The first kappa shape index (κ1) is 11.2. The number of aliphatic carboxylic acids is 1. The van der Waals surface area contributed by atoms with Gasteiger partial charge in [0.2, 0.25) is 0 Å². The third kappa shape index (κ3) is 4.27. The molecule has 0 saturated carbocycles. The largest absolute Gasteiger partial charge is 0.481 e. The lowest BCUT2D eigenvalue weighted by molar-refractivity contribution is -0.133. The van der Waals surface area contributed by atoms with Crippen LogP contribution in [0.5, 0.6) is 0 Å². The number of thioether (sulfide) groups is 2. The molecule has 0 aromatic carbocycles. The molecule has 1 saturated heterocycles. The van der Waals surface area contributed by atoms with Crippen molar-refractivity contribution in [3.05, 3.63) is 0 Å². The van der Waals surface area contributed by atoms with Gasteiger partial charge in [-0.15, -0.1) is 0 Å². The third-order valence-corrected chi connectivity index (χ3v) is 4.84. The molecule has 2 nitrogen and oxygen atoms in total. The van der Waals surface area contributed by atoms with Gasteiger partial charge in [-0.2, -0.15) is 23.5 Å². The molecule has 1 fully saturated rings. The molecule has 1 heterocycles. The van der Waals surface area contributed by atoms with Gasteiger partial charge in [0.05, 0.1) is 5.75 Å². The topological polar surface area (TPSA) is 37.3 Å². The molecule has 4 heteroatoms. The third-order valence-electron chi connectivity index (χ3n) is 2.30. The number of carboxylic acid groups (broad SMARTS) is 1. The van der Waals surface area contributed by atoms with Gasteiger partial charge in [0.25, 0.3) is 0 Å². The lowest BCUT2D eigenvalue weighted by atomic mass is 10.0. The number of rotatable bonds is 5. The van der Waals surface area contributed by atoms with E-state index in [4.69, 9.17) is 5.11 Å². The van der Waals surface area contributed by atoms with Crippen molar-refractivity contribution < 1.29 is 9.90 Å². The molecule has 1 rings (SSSR count). The van der Waals surface area contributed by atoms with E-state index in [0.717, 1.165) is 12.2 Å². The Balaban J connectivity index is 2.07. The van der Waals surface area contributed by atoms with Gasteiger partial charge in [-0.05, 0) is 30.8 Å². The summed E-state index contributed by atoms with van der Waals surface area (Å²) in [4.78, 5) is 10.2. The Labute approximate surface area is 87.9 Å². The molecule has 0 amide bonds. The average Bonchev–Trinajstić information content (AvgIpc) is 2.47. The fourth-order valence-corrected chi connectivity index (χ4v) is 3.84. The van der Waals surface area contributed by atoms with Gasteiger partial charge in [-0.25, -0.2) is 0 Å². The van der Waals surface area contributed by atoms with Gasteiger partial charge in [-0.3, -0.25) is 4.79 Å². The molecule has 1 aliphatic heterocycles. The van der Waals surface area contributed by atoms with Crippen LogP contribution in [0.3, 0.4) is 0 Å². The predicted octanol–water partition coefficient (Wildman–Crippen LogP) is 2.48. The number of carbonyl (C=O) groups is 1. The number of carboxylic acids is 1. The average molecular weight is 220 g/mol. The highest BCUT2D eigenvalue weighted by Crippen LogP contribution is 2.40. The molecule has 0 radical (unpaired) electrons. The van der Waals surface area contributed by atoms with Crippen LogP contribution in [0.25, 0.3) is 0 Å². The maximum absolute atomic E-state index is 10.2. The van der Waals surface area contributed by atoms with Crippen molar-refractivity contribution in [2.45, 2.75) is 30.9 Å². The first-order valence-electron chi connectivity index (χ1n) is 4.56. The van der Waals surface area contributed by atoms with E-state index in [2.05, 4.69) is 6.92 Å². The minimum Gasteiger partial charge on any atom is -0.481 e. The van der Waals surface area contributed by atoms with Crippen molar-refractivity contribution in [2.24, 2.45) is 0 Å². The predicted molar refractivity (Wildman–Crippen MR) is 59.7 cm³/mol. The molecule has 76 valence electrons. The van der Waals surface area contributed by atoms with Gasteiger partial charge >= 0.3 is 5.97 Å². The van der Waals surface area contributed by atoms with Crippen molar-refractivity contribution in [2.75, 3.05) is 17.3 Å². The second-order valence-electron chi connectivity index (χ2n) is 3.60. The lowest BCUT2D eigenvalue weighted by Gasteiger charge is -2.21. The quantitative estimate of drug-likeness (QED) is 0.722. The summed E-state index contributed by atoms with van der Waals surface area (Å²) in [5.74, 6) is 1.81. The summed E-state index contributed by atoms with van der Waals surface area (Å²) in [6.07, 6.45) is 3.77. The van der Waals surface area contributed by atoms with Crippen molar-refractivity contribution >= 4 is 29.5 Å². The molecule has 0 aromatic heterocycles. The highest BCUT2D eigenvalue weighted by Gasteiger charge is 2.28. The first-order chi connectivity index (χ1) is 6.12. The van der Waals surface area contributed by atoms with E-state index in [0.29, 0.717) is 4.75 Å². The van der Waals surface area contributed by atoms with E-state index in [-0.39, 0.29) is 5.75 Å². The molecule has 0 spiro atoms. The van der Waals surface area contributed by atoms with Crippen LogP contribution >= 0.6 is 23.5 Å². The maximum atomic E-state index is 10.2. The van der Waals surface area contributed by atoms with Gasteiger partial charge in [-0.1, -0.05) is 6.92 Å². The van der Waals surface area contributed by atoms with E-state index in [1.54, 1.807) is 0 Å². The second-order valence-corrected chi connectivity index (χ2v) is 6.39. The monoisotopic (exact) mass is 220 g/mol. The zero-order chi connectivity index (χ0) is 9.73. The second kappa shape index (κ2) is 5.15. The van der Waals surface area contributed by atoms with Crippen LogP contribution in [0.4, 0.5) is 0 Å². The van der Waals surface area contributed by atoms with Gasteiger partial charge < -0.3 is 5.11 Å². The standard InChI is InChI=1S/C9H16O2S2/c1-9(3-2-5-13-9)4-6-12-7-8(10)11/h2-7H2,1H3,(H,10,11). The van der Waals surface area contributed by atoms with Crippen LogP contribution in [-0.2, 0) is 4.79 Å². The highest BCUT2D eigenvalue weighted by molar-refractivity contribution is 8.01. The molecule has 0 aromatic rings. The molecule has 1 N–H and O–H groups in total. The summed E-state index contributed by atoms with van der Waals surface area (Å²) < 4.78 is 0.436. The Bertz CT molecular complexity index is 176. The summed E-state index contributed by atoms with van der Waals surface area (Å²) in [7, 11) is 0. The molecular weight excluding hydrogens is 204 g/mol. The zero-order valence-electron chi connectivity index (χ0n) is 7.91. The van der Waals surface area contributed by atoms with Crippen molar-refractivity contribution in [1.29, 1.82) is 0 Å². The SMILES string of the molecule is CC1(CCSCC(=O)O)CCCS1. The van der Waals surface area contributed by atoms with E-state index < -0.39 is 5.97 Å². The maximum Gasteiger partial charge on any atom is 0.313 e. The van der Waals surface area contributed by atoms with Gasteiger partial charge in [0.15, 0.2) is 0 Å². The molecule has 1 atom stereocenters. The van der Waals surface area contributed by atoms with E-state index in [9.17, 15) is 4.79 Å². The van der Waals surface area contributed by atoms with Gasteiger partial charge in [0.1, 0.15) is 0 Å². The minimum atomic E-state index is -0.700. The van der Waals surface area contributed by atoms with E-state index in [1.807, 2.05) is 11.8 Å². The molecule has 1 unspecified atom stereocenters. The fraction of sp³-hybridized carbons (Fsp3) is 0.889. The molecular formula is C9H16O2S2. The molecule has 1 aliphatic rings. The Kier molecular flexibility index (Phi) is 4.46. The normalized spacial score (nSPS) is 27.8. The van der Waals surface area contributed by atoms with Crippen LogP contribution in [0.1, 0.15) is 26.2 Å². The zero-order valence-corrected chi connectivity index (χ0v) is 9.55. The lowest BCUT2D eigenvalue weighted by Crippen LogP contribution is -2.16. The molecule has 13 heavy (non-hydrogen) atoms. The van der Waals surface area contributed by atoms with Gasteiger partial charge in [0, 0.05) is 4.75 Å². The highest BCUT2D eigenvalue weighted by atomic mass is 32.2. The Hall–Kier alpha value is 0.170. The van der Waals surface area contributed by atoms with Crippen molar-refractivity contribution in [3.8, 4) is 0 Å². The van der Waals surface area contributed by atoms with E-state index in [1.165, 1.54) is 30.4 Å². The Morgan fingerprint density at radius 2 is 2.46 bits per heavy atom. The summed E-state index contributed by atoms with van der Waals surface area (Å²) in [6.45, 7) is 2.30. The number of hydrogen-bond donors (Lipinski definition) is 1. The summed E-state index contributed by atoms with van der Waals surface area (Å²) in [6, 6.07) is 0. The van der Waals surface area contributed by atoms with Crippen LogP contribution in [-0.4, -0.2) is 33.1 Å². The Morgan fingerprint density at radius 1 is 1.69 bits per heavy atom. The number of hydrogen-bond acceptors (Lipinski definition) is 3. The summed E-state index contributed by atoms with van der Waals surface area (Å²) >= 11 is 3.58. The first-order valence-corrected chi connectivity index (χ1v) is 6.70. The minimum absolute atomic E-state index is 0.251. The smallest absolute Gasteiger partial charge is 0.313 e. The van der Waals surface area contributed by atoms with Crippen molar-refractivity contribution in [1.82, 2.24) is 0 Å². The van der Waals surface area contributed by atoms with E-state index >= 15 is 0 Å². The van der Waals surface area contributed by atoms with Crippen LogP contribution < -0.4 is 0 Å². The Morgan fingerprint density at radius 3 is 3.00 bits per heavy atom.